The van der Waals surface area contributed by atoms with Crippen LogP contribution in [-0.4, -0.2) is 38.1 Å². The summed E-state index contributed by atoms with van der Waals surface area (Å²) in [6, 6.07) is 0. The van der Waals surface area contributed by atoms with Crippen LogP contribution in [0.3, 0.4) is 0 Å². The molecule has 0 aliphatic heterocycles. The van der Waals surface area contributed by atoms with Gasteiger partial charge < -0.3 is 15.3 Å². The average Bonchev–Trinajstić information content (AvgIpc) is 1.86. The number of aliphatic hydroxyl groups is 2. The molecule has 0 aromatic heterocycles. The van der Waals surface area contributed by atoms with Crippen LogP contribution in [0.2, 0.25) is 0 Å². The maximum Gasteiger partial charge on any atom is 0.332 e. The van der Waals surface area contributed by atoms with Crippen LogP contribution in [0.1, 0.15) is 0 Å². The van der Waals surface area contributed by atoms with Crippen molar-refractivity contribution in [2.45, 2.75) is 10.2 Å². The van der Waals surface area contributed by atoms with Crippen molar-refractivity contribution in [3.8, 4) is 0 Å². The van der Waals surface area contributed by atoms with Gasteiger partial charge in [0.05, 0.1) is 6.61 Å². The maximum absolute atomic E-state index is 10.2. The molecule has 4 nitrogen and oxygen atoms in total. The maximum atomic E-state index is 10.2. The van der Waals surface area contributed by atoms with E-state index in [1.54, 1.807) is 0 Å². The lowest BCUT2D eigenvalue weighted by molar-refractivity contribution is -0.140. The summed E-state index contributed by atoms with van der Waals surface area (Å²) in [5.74, 6) is -1.39. The molecule has 0 spiro atoms. The van der Waals surface area contributed by atoms with Gasteiger partial charge in [0.25, 0.3) is 0 Å². The molecule has 60 valence electrons. The van der Waals surface area contributed by atoms with Crippen molar-refractivity contribution in [2.24, 2.45) is 0 Å². The van der Waals surface area contributed by atoms with E-state index in [-0.39, 0.29) is 0 Å². The molecule has 0 saturated carbocycles. The van der Waals surface area contributed by atoms with E-state index in [0.29, 0.717) is 0 Å². The van der Waals surface area contributed by atoms with E-state index >= 15 is 0 Å². The number of thiol groups is 2. The number of hydrogen-bond acceptors (Lipinski definition) is 5. The Bertz CT molecular complexity index is 135. The van der Waals surface area contributed by atoms with Crippen LogP contribution < -0.4 is 0 Å². The lowest BCUT2D eigenvalue weighted by atomic mass is 10.2. The summed E-state index contributed by atoms with van der Waals surface area (Å²) >= 11 is 7.02. The van der Waals surface area contributed by atoms with Gasteiger partial charge in [-0.1, -0.05) is 0 Å². The van der Waals surface area contributed by atoms with Crippen LogP contribution in [0.4, 0.5) is 0 Å². The molecule has 0 bridgehead atoms. The third-order valence-corrected chi connectivity index (χ3v) is 1.93. The molecule has 0 rings (SSSR count). The molecule has 0 radical (unpaired) electrons. The number of carboxylic acids is 1. The number of carbonyl (C=O) groups is 1. The Labute approximate surface area is 68.7 Å². The van der Waals surface area contributed by atoms with Gasteiger partial charge in [0.1, 0.15) is 6.10 Å². The molecule has 0 saturated heterocycles. The Kier molecular flexibility index (Phi) is 3.50. The smallest absolute Gasteiger partial charge is 0.332 e. The van der Waals surface area contributed by atoms with Gasteiger partial charge >= 0.3 is 5.97 Å². The Morgan fingerprint density at radius 2 is 2.00 bits per heavy atom. The normalized spacial score (nSPS) is 14.8. The van der Waals surface area contributed by atoms with Crippen LogP contribution in [0.15, 0.2) is 0 Å². The van der Waals surface area contributed by atoms with Crippen molar-refractivity contribution in [3.63, 3.8) is 0 Å². The van der Waals surface area contributed by atoms with Gasteiger partial charge in [-0.15, -0.1) is 25.3 Å². The molecule has 6 heteroatoms. The third kappa shape index (κ3) is 2.05. The van der Waals surface area contributed by atoms with Crippen LogP contribution in [0, 0.1) is 0 Å². The topological polar surface area (TPSA) is 77.8 Å². The first-order valence-corrected chi connectivity index (χ1v) is 3.29. The standard InChI is InChI=1S/C4H8O4S2/c5-1-2(6)4(9,10)3(7)8/h2,5-6,9-10H,1H2,(H,7,8). The third-order valence-electron chi connectivity index (χ3n) is 0.952. The first kappa shape index (κ1) is 10.1. The molecule has 1 unspecified atom stereocenters. The Hall–Kier alpha value is 0.0900. The van der Waals surface area contributed by atoms with Gasteiger partial charge in [-0.2, -0.15) is 0 Å². The van der Waals surface area contributed by atoms with Gasteiger partial charge in [0.2, 0.25) is 0 Å². The van der Waals surface area contributed by atoms with Crippen LogP contribution in [-0.2, 0) is 4.79 Å². The highest BCUT2D eigenvalue weighted by atomic mass is 32.2. The van der Waals surface area contributed by atoms with Crippen LogP contribution in [0.5, 0.6) is 0 Å². The first-order valence-electron chi connectivity index (χ1n) is 2.40. The van der Waals surface area contributed by atoms with Gasteiger partial charge in [-0.3, -0.25) is 0 Å². The summed E-state index contributed by atoms with van der Waals surface area (Å²) in [6.45, 7) is -0.681. The molecular weight excluding hydrogens is 176 g/mol. The molecule has 1 atom stereocenters. The zero-order valence-corrected chi connectivity index (χ0v) is 6.72. The summed E-state index contributed by atoms with van der Waals surface area (Å²) in [6.07, 6.45) is -1.48. The van der Waals surface area contributed by atoms with E-state index in [2.05, 4.69) is 25.3 Å². The summed E-state index contributed by atoms with van der Waals surface area (Å²) < 4.78 is -1.88. The van der Waals surface area contributed by atoms with Crippen molar-refractivity contribution in [2.75, 3.05) is 6.61 Å². The monoisotopic (exact) mass is 184 g/mol. The van der Waals surface area contributed by atoms with E-state index in [1.807, 2.05) is 0 Å². The lowest BCUT2D eigenvalue weighted by Gasteiger charge is -2.21. The van der Waals surface area contributed by atoms with Crippen molar-refractivity contribution < 1.29 is 20.1 Å². The van der Waals surface area contributed by atoms with Crippen LogP contribution in [0.25, 0.3) is 0 Å². The molecule has 0 heterocycles. The molecule has 0 aliphatic carbocycles. The van der Waals surface area contributed by atoms with Crippen LogP contribution >= 0.6 is 25.3 Å². The second-order valence-electron chi connectivity index (χ2n) is 1.73. The summed E-state index contributed by atoms with van der Waals surface area (Å²) in [7, 11) is 0. The minimum Gasteiger partial charge on any atom is -0.480 e. The second kappa shape index (κ2) is 3.47. The zero-order valence-electron chi connectivity index (χ0n) is 4.93. The zero-order chi connectivity index (χ0) is 8.36. The number of aliphatic hydroxyl groups excluding tert-OH is 2. The molecule has 0 aliphatic rings. The molecule has 3 N–H and O–H groups in total. The molecular formula is C4H8O4S2. The Balaban J connectivity index is 4.23. The molecule has 0 amide bonds. The van der Waals surface area contributed by atoms with Crippen molar-refractivity contribution in [3.05, 3.63) is 0 Å². The van der Waals surface area contributed by atoms with Gasteiger partial charge in [-0.05, 0) is 0 Å². The highest BCUT2D eigenvalue weighted by Crippen LogP contribution is 2.23. The van der Waals surface area contributed by atoms with Crippen molar-refractivity contribution >= 4 is 31.2 Å². The largest absolute Gasteiger partial charge is 0.480 e. The SMILES string of the molecule is O=C(O)C(S)(S)C(O)CO. The highest BCUT2D eigenvalue weighted by Gasteiger charge is 2.37. The fourth-order valence-electron chi connectivity index (χ4n) is 0.270. The fraction of sp³-hybridized carbons (Fsp3) is 0.750. The van der Waals surface area contributed by atoms with E-state index < -0.39 is 22.8 Å². The Morgan fingerprint density at radius 3 is 2.10 bits per heavy atom. The lowest BCUT2D eigenvalue weighted by Crippen LogP contribution is -2.41. The molecule has 10 heavy (non-hydrogen) atoms. The Morgan fingerprint density at radius 1 is 1.60 bits per heavy atom. The van der Waals surface area contributed by atoms with E-state index in [1.165, 1.54) is 0 Å². The molecule has 0 fully saturated rings. The van der Waals surface area contributed by atoms with Gasteiger partial charge in [0, 0.05) is 0 Å². The molecule has 0 aromatic rings. The van der Waals surface area contributed by atoms with E-state index in [0.717, 1.165) is 0 Å². The van der Waals surface area contributed by atoms with Crippen molar-refractivity contribution in [1.82, 2.24) is 0 Å². The van der Waals surface area contributed by atoms with Crippen molar-refractivity contribution in [1.29, 1.82) is 0 Å². The average molecular weight is 184 g/mol. The predicted octanol–water partition coefficient (Wildman–Crippen LogP) is -1.02. The number of aliphatic carboxylic acids is 1. The predicted molar refractivity (Wildman–Crippen MR) is 41.4 cm³/mol. The van der Waals surface area contributed by atoms with E-state index in [4.69, 9.17) is 15.3 Å². The summed E-state index contributed by atoms with van der Waals surface area (Å²) in [5, 5.41) is 25.4. The summed E-state index contributed by atoms with van der Waals surface area (Å²) in [5.41, 5.74) is 0. The number of carboxylic acid groups (broad SMARTS) is 1. The molecule has 0 aromatic carbocycles. The highest BCUT2D eigenvalue weighted by molar-refractivity contribution is 8.02. The second-order valence-corrected chi connectivity index (χ2v) is 3.49. The first-order chi connectivity index (χ1) is 4.42. The minimum absolute atomic E-state index is 0.681. The number of hydrogen-bond donors (Lipinski definition) is 5. The quantitative estimate of drug-likeness (QED) is 0.287. The van der Waals surface area contributed by atoms with Gasteiger partial charge in [0.15, 0.2) is 4.08 Å². The van der Waals surface area contributed by atoms with E-state index in [9.17, 15) is 4.79 Å². The fourth-order valence-corrected chi connectivity index (χ4v) is 0.433. The number of rotatable bonds is 3. The van der Waals surface area contributed by atoms with Gasteiger partial charge in [-0.25, -0.2) is 4.79 Å². The summed E-state index contributed by atoms with van der Waals surface area (Å²) in [4.78, 5) is 10.2. The minimum atomic E-state index is -1.88.